The number of hydrogen-bond acceptors (Lipinski definition) is 6. The molecule has 1 unspecified atom stereocenters. The summed E-state index contributed by atoms with van der Waals surface area (Å²) in [5, 5.41) is 10.7. The summed E-state index contributed by atoms with van der Waals surface area (Å²) in [4.78, 5) is 47.6. The van der Waals surface area contributed by atoms with Crippen LogP contribution in [0.3, 0.4) is 0 Å². The van der Waals surface area contributed by atoms with Crippen molar-refractivity contribution in [1.29, 1.82) is 0 Å². The first-order chi connectivity index (χ1) is 12.5. The van der Waals surface area contributed by atoms with Gasteiger partial charge in [0, 0.05) is 17.7 Å². The quantitative estimate of drug-likeness (QED) is 0.472. The predicted molar refractivity (Wildman–Crippen MR) is 91.0 cm³/mol. The van der Waals surface area contributed by atoms with Crippen LogP contribution in [0, 0.1) is 10.1 Å². The number of imide groups is 1. The number of nitro benzene ring substituents is 1. The number of hydrazine groups is 1. The van der Waals surface area contributed by atoms with Gasteiger partial charge in [0.15, 0.2) is 0 Å². The molecule has 1 atom stereocenters. The van der Waals surface area contributed by atoms with E-state index in [9.17, 15) is 24.5 Å². The normalized spacial score (nSPS) is 16.6. The maximum absolute atomic E-state index is 12.4. The van der Waals surface area contributed by atoms with Gasteiger partial charge in [0.2, 0.25) is 5.91 Å². The lowest BCUT2D eigenvalue weighted by Crippen LogP contribution is -2.48. The second-order valence-corrected chi connectivity index (χ2v) is 5.56. The van der Waals surface area contributed by atoms with Gasteiger partial charge in [-0.3, -0.25) is 29.9 Å². The topological polar surface area (TPSA) is 122 Å². The van der Waals surface area contributed by atoms with E-state index in [0.717, 1.165) is 4.90 Å². The SMILES string of the molecule is O=C(NNC1CC(=O)N(c2ccc([N+](=O)[O-])cc2)C1=O)c1ccccc1. The van der Waals surface area contributed by atoms with Gasteiger partial charge in [0.25, 0.3) is 17.5 Å². The van der Waals surface area contributed by atoms with Crippen LogP contribution in [0.4, 0.5) is 11.4 Å². The van der Waals surface area contributed by atoms with Crippen LogP contribution in [0.2, 0.25) is 0 Å². The molecule has 0 bridgehead atoms. The molecule has 3 rings (SSSR count). The molecule has 3 amide bonds. The van der Waals surface area contributed by atoms with Gasteiger partial charge in [-0.2, -0.15) is 0 Å². The minimum atomic E-state index is -0.912. The van der Waals surface area contributed by atoms with Crippen molar-refractivity contribution in [2.24, 2.45) is 0 Å². The van der Waals surface area contributed by atoms with E-state index in [-0.39, 0.29) is 17.8 Å². The third-order valence-electron chi connectivity index (χ3n) is 3.86. The van der Waals surface area contributed by atoms with Crippen LogP contribution in [-0.4, -0.2) is 28.7 Å². The van der Waals surface area contributed by atoms with Crippen molar-refractivity contribution < 1.29 is 19.3 Å². The largest absolute Gasteiger partial charge is 0.287 e. The van der Waals surface area contributed by atoms with E-state index in [1.807, 2.05) is 0 Å². The lowest BCUT2D eigenvalue weighted by Gasteiger charge is -2.15. The molecule has 2 aromatic carbocycles. The summed E-state index contributed by atoms with van der Waals surface area (Å²) in [5.74, 6) is -1.44. The molecular formula is C17H14N4O5. The number of nitro groups is 1. The van der Waals surface area contributed by atoms with Crippen LogP contribution in [0.15, 0.2) is 54.6 Å². The second kappa shape index (κ2) is 7.11. The van der Waals surface area contributed by atoms with Crippen molar-refractivity contribution in [3.8, 4) is 0 Å². The van der Waals surface area contributed by atoms with Crippen LogP contribution in [0.5, 0.6) is 0 Å². The average Bonchev–Trinajstić information content (AvgIpc) is 2.94. The number of rotatable bonds is 5. The fourth-order valence-corrected chi connectivity index (χ4v) is 2.55. The number of amides is 3. The molecule has 0 spiro atoms. The Morgan fingerprint density at radius 3 is 2.35 bits per heavy atom. The first-order valence-electron chi connectivity index (χ1n) is 7.69. The van der Waals surface area contributed by atoms with Crippen LogP contribution in [0.1, 0.15) is 16.8 Å². The van der Waals surface area contributed by atoms with E-state index < -0.39 is 28.7 Å². The number of nitrogens with one attached hydrogen (secondary N) is 2. The summed E-state index contributed by atoms with van der Waals surface area (Å²) in [6.45, 7) is 0. The Bertz CT molecular complexity index is 866. The molecule has 1 aliphatic heterocycles. The first-order valence-corrected chi connectivity index (χ1v) is 7.69. The number of nitrogens with zero attached hydrogens (tertiary/aromatic N) is 2. The summed E-state index contributed by atoms with van der Waals surface area (Å²) in [7, 11) is 0. The minimum Gasteiger partial charge on any atom is -0.287 e. The fourth-order valence-electron chi connectivity index (χ4n) is 2.55. The molecular weight excluding hydrogens is 340 g/mol. The molecule has 0 saturated carbocycles. The van der Waals surface area contributed by atoms with E-state index in [1.54, 1.807) is 30.3 Å². The average molecular weight is 354 g/mol. The predicted octanol–water partition coefficient (Wildman–Crippen LogP) is 1.16. The summed E-state index contributed by atoms with van der Waals surface area (Å²) >= 11 is 0. The van der Waals surface area contributed by atoms with Gasteiger partial charge in [-0.25, -0.2) is 10.3 Å². The summed E-state index contributed by atoms with van der Waals surface area (Å²) in [6, 6.07) is 12.6. The van der Waals surface area contributed by atoms with Gasteiger partial charge in [-0.05, 0) is 24.3 Å². The highest BCUT2D eigenvalue weighted by atomic mass is 16.6. The molecule has 1 heterocycles. The van der Waals surface area contributed by atoms with Crippen molar-refractivity contribution in [3.63, 3.8) is 0 Å². The molecule has 0 aromatic heterocycles. The molecule has 9 heteroatoms. The molecule has 2 aromatic rings. The van der Waals surface area contributed by atoms with Crippen LogP contribution < -0.4 is 15.8 Å². The van der Waals surface area contributed by atoms with Crippen LogP contribution in [0.25, 0.3) is 0 Å². The Balaban J connectivity index is 1.67. The number of anilines is 1. The Kier molecular flexibility index (Phi) is 4.72. The highest BCUT2D eigenvalue weighted by Crippen LogP contribution is 2.24. The van der Waals surface area contributed by atoms with E-state index in [2.05, 4.69) is 10.9 Å². The third kappa shape index (κ3) is 3.42. The molecule has 0 aliphatic carbocycles. The van der Waals surface area contributed by atoms with Gasteiger partial charge in [0.1, 0.15) is 6.04 Å². The Labute approximate surface area is 147 Å². The highest BCUT2D eigenvalue weighted by molar-refractivity contribution is 6.22. The van der Waals surface area contributed by atoms with Gasteiger partial charge in [-0.15, -0.1) is 0 Å². The number of benzene rings is 2. The Morgan fingerprint density at radius 1 is 1.08 bits per heavy atom. The number of hydrogen-bond donors (Lipinski definition) is 2. The van der Waals surface area contributed by atoms with Gasteiger partial charge < -0.3 is 0 Å². The Morgan fingerprint density at radius 2 is 1.73 bits per heavy atom. The van der Waals surface area contributed by atoms with Gasteiger partial charge in [-0.1, -0.05) is 18.2 Å². The lowest BCUT2D eigenvalue weighted by atomic mass is 10.2. The molecule has 1 saturated heterocycles. The summed E-state index contributed by atoms with van der Waals surface area (Å²) in [6.07, 6.45) is -0.134. The number of carbonyl (C=O) groups is 3. The van der Waals surface area contributed by atoms with E-state index in [1.165, 1.54) is 24.3 Å². The standard InChI is InChI=1S/C17H14N4O5/c22-15-10-14(18-19-16(23)11-4-2-1-3-5-11)17(24)20(15)12-6-8-13(9-7-12)21(25)26/h1-9,14,18H,10H2,(H,19,23). The van der Waals surface area contributed by atoms with Crippen molar-refractivity contribution in [1.82, 2.24) is 10.9 Å². The third-order valence-corrected chi connectivity index (χ3v) is 3.86. The van der Waals surface area contributed by atoms with E-state index in [4.69, 9.17) is 0 Å². The fraction of sp³-hybridized carbons (Fsp3) is 0.118. The van der Waals surface area contributed by atoms with Crippen molar-refractivity contribution in [2.45, 2.75) is 12.5 Å². The van der Waals surface area contributed by atoms with Crippen molar-refractivity contribution >= 4 is 29.1 Å². The molecule has 132 valence electrons. The van der Waals surface area contributed by atoms with Gasteiger partial charge >= 0.3 is 0 Å². The van der Waals surface area contributed by atoms with Crippen LogP contribution in [-0.2, 0) is 9.59 Å². The van der Waals surface area contributed by atoms with Gasteiger partial charge in [0.05, 0.1) is 17.0 Å². The molecule has 1 fully saturated rings. The van der Waals surface area contributed by atoms with E-state index >= 15 is 0 Å². The summed E-state index contributed by atoms with van der Waals surface area (Å²) in [5.41, 5.74) is 5.49. The minimum absolute atomic E-state index is 0.134. The molecule has 26 heavy (non-hydrogen) atoms. The zero-order valence-electron chi connectivity index (χ0n) is 13.4. The number of carbonyl (C=O) groups excluding carboxylic acids is 3. The number of non-ortho nitro benzene ring substituents is 1. The smallest absolute Gasteiger partial charge is 0.269 e. The lowest BCUT2D eigenvalue weighted by molar-refractivity contribution is -0.384. The molecule has 2 N–H and O–H groups in total. The molecule has 1 aliphatic rings. The Hall–Kier alpha value is -3.59. The maximum Gasteiger partial charge on any atom is 0.269 e. The second-order valence-electron chi connectivity index (χ2n) is 5.56. The zero-order chi connectivity index (χ0) is 18.7. The molecule has 0 radical (unpaired) electrons. The van der Waals surface area contributed by atoms with Crippen LogP contribution >= 0.6 is 0 Å². The summed E-state index contributed by atoms with van der Waals surface area (Å²) < 4.78 is 0. The maximum atomic E-state index is 12.4. The highest BCUT2D eigenvalue weighted by Gasteiger charge is 2.39. The first kappa shape index (κ1) is 17.2. The zero-order valence-corrected chi connectivity index (χ0v) is 13.4. The van der Waals surface area contributed by atoms with Crippen molar-refractivity contribution in [3.05, 3.63) is 70.3 Å². The van der Waals surface area contributed by atoms with E-state index in [0.29, 0.717) is 5.56 Å². The molecule has 9 nitrogen and oxygen atoms in total. The monoisotopic (exact) mass is 354 g/mol. The van der Waals surface area contributed by atoms with Crippen molar-refractivity contribution in [2.75, 3.05) is 4.90 Å².